The minimum atomic E-state index is -0.670. The van der Waals surface area contributed by atoms with Gasteiger partial charge in [0.2, 0.25) is 0 Å². The smallest absolute Gasteiger partial charge is 0.329 e. The Hall–Kier alpha value is -2.11. The minimum absolute atomic E-state index is 0.0436. The molecule has 1 aromatic carbocycles. The van der Waals surface area contributed by atoms with Gasteiger partial charge in [0.1, 0.15) is 23.2 Å². The highest BCUT2D eigenvalue weighted by Crippen LogP contribution is 2.73. The molecule has 5 saturated carbocycles. The van der Waals surface area contributed by atoms with Gasteiger partial charge in [0.15, 0.2) is 0 Å². The Labute approximate surface area is 233 Å². The number of hydrogen-bond donors (Lipinski definition) is 0. The summed E-state index contributed by atoms with van der Waals surface area (Å²) in [6.07, 6.45) is 10.8. The van der Waals surface area contributed by atoms with Gasteiger partial charge in [-0.25, -0.2) is 9.18 Å². The first kappa shape index (κ1) is 27.1. The van der Waals surface area contributed by atoms with Gasteiger partial charge in [0, 0.05) is 18.0 Å². The SMILES string of the molecule is CC12CC3(C)CC(C)(C1)CC(COc1cc(F)c(C(=O)N4CCC[C@H]4C(=O)OC(C)(C)C)cc1C1CC1)(C2)C3. The lowest BCUT2D eigenvalue weighted by molar-refractivity contribution is -0.192. The number of nitrogens with zero attached hydrogens (tertiary/aromatic N) is 1. The van der Waals surface area contributed by atoms with Gasteiger partial charge in [-0.15, -0.1) is 0 Å². The van der Waals surface area contributed by atoms with E-state index in [-0.39, 0.29) is 11.0 Å². The first-order chi connectivity index (χ1) is 18.1. The molecule has 6 heteroatoms. The zero-order valence-corrected chi connectivity index (χ0v) is 24.8. The fourth-order valence-electron chi connectivity index (χ4n) is 10.3. The van der Waals surface area contributed by atoms with E-state index < -0.39 is 29.3 Å². The van der Waals surface area contributed by atoms with Crippen molar-refractivity contribution in [3.05, 3.63) is 29.1 Å². The molecular weight excluding hydrogens is 493 g/mol. The van der Waals surface area contributed by atoms with Crippen molar-refractivity contribution in [1.82, 2.24) is 4.90 Å². The second-order valence-corrected chi connectivity index (χ2v) is 16.1. The summed E-state index contributed by atoms with van der Waals surface area (Å²) >= 11 is 0. The summed E-state index contributed by atoms with van der Waals surface area (Å²) in [6, 6.07) is 2.50. The van der Waals surface area contributed by atoms with Crippen molar-refractivity contribution in [1.29, 1.82) is 0 Å². The molecule has 1 heterocycles. The predicted octanol–water partition coefficient (Wildman–Crippen LogP) is 7.41. The molecule has 0 aromatic heterocycles. The molecule has 1 atom stereocenters. The lowest BCUT2D eigenvalue weighted by Gasteiger charge is -2.69. The molecular formula is C33H46FNO4. The lowest BCUT2D eigenvalue weighted by atomic mass is 9.36. The molecule has 5 nitrogen and oxygen atoms in total. The number of likely N-dealkylation sites (tertiary alicyclic amines) is 1. The molecule has 0 N–H and O–H groups in total. The molecule has 0 radical (unpaired) electrons. The molecule has 1 saturated heterocycles. The highest BCUT2D eigenvalue weighted by Gasteiger charge is 2.64. The number of rotatable bonds is 6. The van der Waals surface area contributed by atoms with E-state index in [2.05, 4.69) is 20.8 Å². The Bertz CT molecular complexity index is 1140. The van der Waals surface area contributed by atoms with Crippen LogP contribution in [0.1, 0.15) is 128 Å². The van der Waals surface area contributed by atoms with Crippen LogP contribution in [0.25, 0.3) is 0 Å². The first-order valence-electron chi connectivity index (χ1n) is 15.1. The Morgan fingerprint density at radius 1 is 0.949 bits per heavy atom. The first-order valence-corrected chi connectivity index (χ1v) is 15.1. The number of benzene rings is 1. The summed E-state index contributed by atoms with van der Waals surface area (Å²) in [5, 5.41) is 0. The molecule has 0 spiro atoms. The third kappa shape index (κ3) is 5.10. The Kier molecular flexibility index (Phi) is 6.04. The van der Waals surface area contributed by atoms with Gasteiger partial charge in [-0.3, -0.25) is 4.79 Å². The normalized spacial score (nSPS) is 37.3. The topological polar surface area (TPSA) is 55.8 Å². The maximum absolute atomic E-state index is 15.6. The molecule has 39 heavy (non-hydrogen) atoms. The molecule has 1 amide bonds. The van der Waals surface area contributed by atoms with Crippen LogP contribution < -0.4 is 4.74 Å². The number of halogens is 1. The van der Waals surface area contributed by atoms with E-state index in [1.54, 1.807) is 6.07 Å². The van der Waals surface area contributed by atoms with Gasteiger partial charge in [-0.2, -0.15) is 0 Å². The van der Waals surface area contributed by atoms with E-state index in [0.717, 1.165) is 18.4 Å². The molecule has 0 unspecified atom stereocenters. The summed E-state index contributed by atoms with van der Waals surface area (Å²) in [7, 11) is 0. The molecule has 1 aliphatic heterocycles. The molecule has 6 aliphatic rings. The van der Waals surface area contributed by atoms with Crippen molar-refractivity contribution in [3.8, 4) is 5.75 Å². The summed E-state index contributed by atoms with van der Waals surface area (Å²) in [4.78, 5) is 27.9. The standard InChI is InChI=1S/C33H46FNO4/c1-29(2,3)39-28(37)25-8-7-11-35(25)27(36)23-12-22(21-9-10-21)26(13-24(23)34)38-20-33-17-30(4)14-31(5,18-33)16-32(6,15-30)19-33/h12-13,21,25H,7-11,14-20H2,1-6H3/t25-,30?,31?,32?,33?/m0/s1. The summed E-state index contributed by atoms with van der Waals surface area (Å²) in [5.74, 6) is -0.498. The second kappa shape index (κ2) is 8.69. The molecule has 1 aromatic rings. The van der Waals surface area contributed by atoms with Crippen molar-refractivity contribution in [2.45, 2.75) is 123 Å². The maximum atomic E-state index is 15.6. The zero-order chi connectivity index (χ0) is 28.0. The van der Waals surface area contributed by atoms with Crippen molar-refractivity contribution >= 4 is 11.9 Å². The Morgan fingerprint density at radius 2 is 1.54 bits per heavy atom. The number of hydrogen-bond acceptors (Lipinski definition) is 4. The van der Waals surface area contributed by atoms with Crippen LogP contribution in [0.15, 0.2) is 12.1 Å². The number of esters is 1. The van der Waals surface area contributed by atoms with Crippen LogP contribution in [-0.4, -0.2) is 41.6 Å². The van der Waals surface area contributed by atoms with Crippen molar-refractivity contribution < 1.29 is 23.5 Å². The molecule has 4 bridgehead atoms. The molecule has 6 fully saturated rings. The highest BCUT2D eigenvalue weighted by molar-refractivity contribution is 5.98. The summed E-state index contributed by atoms with van der Waals surface area (Å²) < 4.78 is 27.8. The van der Waals surface area contributed by atoms with Crippen molar-refractivity contribution in [3.63, 3.8) is 0 Å². The maximum Gasteiger partial charge on any atom is 0.329 e. The monoisotopic (exact) mass is 539 g/mol. The largest absolute Gasteiger partial charge is 0.493 e. The van der Waals surface area contributed by atoms with E-state index in [1.807, 2.05) is 20.8 Å². The van der Waals surface area contributed by atoms with Gasteiger partial charge in [-0.1, -0.05) is 20.8 Å². The average molecular weight is 540 g/mol. The average Bonchev–Trinajstić information content (AvgIpc) is 3.48. The third-order valence-electron chi connectivity index (χ3n) is 10.0. The van der Waals surface area contributed by atoms with Gasteiger partial charge < -0.3 is 14.4 Å². The fourth-order valence-corrected chi connectivity index (χ4v) is 10.3. The van der Waals surface area contributed by atoms with E-state index in [4.69, 9.17) is 9.47 Å². The van der Waals surface area contributed by atoms with Crippen molar-refractivity contribution in [2.75, 3.05) is 13.2 Å². The van der Waals surface area contributed by atoms with E-state index in [1.165, 1.54) is 49.5 Å². The van der Waals surface area contributed by atoms with E-state index in [9.17, 15) is 9.59 Å². The lowest BCUT2D eigenvalue weighted by Crippen LogP contribution is -2.60. The zero-order valence-electron chi connectivity index (χ0n) is 24.8. The predicted molar refractivity (Wildman–Crippen MR) is 148 cm³/mol. The van der Waals surface area contributed by atoms with Crippen LogP contribution in [0, 0.1) is 27.5 Å². The number of amides is 1. The number of carbonyl (C=O) groups excluding carboxylic acids is 2. The summed E-state index contributed by atoms with van der Waals surface area (Å²) in [5.41, 5.74) is 1.58. The number of ether oxygens (including phenoxy) is 2. The van der Waals surface area contributed by atoms with E-state index in [0.29, 0.717) is 53.9 Å². The molecule has 7 rings (SSSR count). The van der Waals surface area contributed by atoms with Crippen LogP contribution >= 0.6 is 0 Å². The van der Waals surface area contributed by atoms with Gasteiger partial charge in [0.05, 0.1) is 12.2 Å². The molecule has 214 valence electrons. The number of carbonyl (C=O) groups is 2. The fraction of sp³-hybridized carbons (Fsp3) is 0.758. The molecule has 5 aliphatic carbocycles. The quantitative estimate of drug-likeness (QED) is 0.353. The van der Waals surface area contributed by atoms with Crippen LogP contribution in [0.5, 0.6) is 5.75 Å². The van der Waals surface area contributed by atoms with Gasteiger partial charge in [-0.05, 0) is 119 Å². The van der Waals surface area contributed by atoms with E-state index >= 15 is 4.39 Å². The van der Waals surface area contributed by atoms with Gasteiger partial charge >= 0.3 is 5.97 Å². The minimum Gasteiger partial charge on any atom is -0.493 e. The second-order valence-electron chi connectivity index (χ2n) is 16.1. The van der Waals surface area contributed by atoms with Crippen LogP contribution in [0.3, 0.4) is 0 Å². The van der Waals surface area contributed by atoms with Crippen molar-refractivity contribution in [2.24, 2.45) is 21.7 Å². The Balaban J connectivity index is 1.23. The third-order valence-corrected chi connectivity index (χ3v) is 10.0. The summed E-state index contributed by atoms with van der Waals surface area (Å²) in [6.45, 7) is 13.9. The van der Waals surface area contributed by atoms with Crippen LogP contribution in [0.2, 0.25) is 0 Å². The van der Waals surface area contributed by atoms with Crippen LogP contribution in [0.4, 0.5) is 4.39 Å². The van der Waals surface area contributed by atoms with Crippen LogP contribution in [-0.2, 0) is 9.53 Å². The highest BCUT2D eigenvalue weighted by atomic mass is 19.1. The Morgan fingerprint density at radius 3 is 2.08 bits per heavy atom. The van der Waals surface area contributed by atoms with Gasteiger partial charge in [0.25, 0.3) is 5.91 Å².